The first-order chi connectivity index (χ1) is 12.2. The second kappa shape index (κ2) is 7.71. The van der Waals surface area contributed by atoms with Crippen molar-refractivity contribution in [2.75, 3.05) is 7.11 Å². The lowest BCUT2D eigenvalue weighted by molar-refractivity contribution is 0.0434. The van der Waals surface area contributed by atoms with Gasteiger partial charge < -0.3 is 13.9 Å². The van der Waals surface area contributed by atoms with Gasteiger partial charge in [0.1, 0.15) is 12.4 Å². The van der Waals surface area contributed by atoms with Crippen molar-refractivity contribution < 1.29 is 18.7 Å². The van der Waals surface area contributed by atoms with E-state index >= 15 is 0 Å². The summed E-state index contributed by atoms with van der Waals surface area (Å²) in [7, 11) is 1.62. The fraction of sp³-hybridized carbons (Fsp3) is 0.190. The summed E-state index contributed by atoms with van der Waals surface area (Å²) in [5.41, 5.74) is 3.51. The molecule has 4 heteroatoms. The van der Waals surface area contributed by atoms with Crippen molar-refractivity contribution in [3.05, 3.63) is 77.7 Å². The minimum absolute atomic E-state index is 0.216. The number of ether oxygens (including phenoxy) is 2. The molecule has 0 radical (unpaired) electrons. The summed E-state index contributed by atoms with van der Waals surface area (Å²) in [4.78, 5) is 12.4. The number of para-hydroxylation sites is 1. The van der Waals surface area contributed by atoms with Crippen molar-refractivity contribution in [2.45, 2.75) is 20.0 Å². The highest BCUT2D eigenvalue weighted by atomic mass is 16.5. The van der Waals surface area contributed by atoms with E-state index < -0.39 is 5.97 Å². The van der Waals surface area contributed by atoms with E-state index in [1.54, 1.807) is 13.4 Å². The molecule has 0 N–H and O–H groups in total. The van der Waals surface area contributed by atoms with Crippen molar-refractivity contribution in [3.8, 4) is 16.9 Å². The lowest BCUT2D eigenvalue weighted by Crippen LogP contribution is -2.06. The van der Waals surface area contributed by atoms with E-state index in [-0.39, 0.29) is 12.4 Å². The maximum absolute atomic E-state index is 12.4. The van der Waals surface area contributed by atoms with Crippen LogP contribution in [-0.4, -0.2) is 13.1 Å². The van der Waals surface area contributed by atoms with Gasteiger partial charge in [-0.1, -0.05) is 55.5 Å². The summed E-state index contributed by atoms with van der Waals surface area (Å²) in [5, 5.41) is 0. The maximum Gasteiger partial charge on any atom is 0.374 e. The van der Waals surface area contributed by atoms with Crippen LogP contribution in [0.2, 0.25) is 0 Å². The van der Waals surface area contributed by atoms with E-state index in [1.807, 2.05) is 61.5 Å². The zero-order valence-electron chi connectivity index (χ0n) is 14.3. The lowest BCUT2D eigenvalue weighted by atomic mass is 10.00. The monoisotopic (exact) mass is 336 g/mol. The molecule has 3 aromatic rings. The van der Waals surface area contributed by atoms with Crippen LogP contribution in [0.5, 0.6) is 5.75 Å². The first kappa shape index (κ1) is 16.8. The number of hydrogen-bond donors (Lipinski definition) is 0. The minimum atomic E-state index is -0.457. The summed E-state index contributed by atoms with van der Waals surface area (Å²) in [6.45, 7) is 2.20. The van der Waals surface area contributed by atoms with Crippen molar-refractivity contribution >= 4 is 5.97 Å². The third-order valence-corrected chi connectivity index (χ3v) is 4.04. The molecule has 0 amide bonds. The molecule has 0 atom stereocenters. The quantitative estimate of drug-likeness (QED) is 0.602. The second-order valence-corrected chi connectivity index (χ2v) is 5.57. The summed E-state index contributed by atoms with van der Waals surface area (Å²) in [6.07, 6.45) is 2.25. The third kappa shape index (κ3) is 3.58. The average molecular weight is 336 g/mol. The molecular formula is C21H20O4. The molecule has 3 rings (SSSR count). The van der Waals surface area contributed by atoms with E-state index in [9.17, 15) is 4.79 Å². The Balaban J connectivity index is 1.85. The Kier molecular flexibility index (Phi) is 5.19. The van der Waals surface area contributed by atoms with E-state index in [4.69, 9.17) is 13.9 Å². The Bertz CT molecular complexity index is 849. The molecule has 1 heterocycles. The molecule has 4 nitrogen and oxygen atoms in total. The number of rotatable bonds is 6. The van der Waals surface area contributed by atoms with E-state index in [0.29, 0.717) is 6.42 Å². The van der Waals surface area contributed by atoms with Gasteiger partial charge in [0.25, 0.3) is 0 Å². The van der Waals surface area contributed by atoms with Crippen molar-refractivity contribution in [1.29, 1.82) is 0 Å². The first-order valence-electron chi connectivity index (χ1n) is 8.19. The van der Waals surface area contributed by atoms with E-state index in [2.05, 4.69) is 0 Å². The summed E-state index contributed by atoms with van der Waals surface area (Å²) in [5.74, 6) is 0.531. The van der Waals surface area contributed by atoms with Gasteiger partial charge in [0.2, 0.25) is 5.76 Å². The Morgan fingerprint density at radius 1 is 1.00 bits per heavy atom. The molecule has 0 spiro atoms. The largest absolute Gasteiger partial charge is 0.496 e. The smallest absolute Gasteiger partial charge is 0.374 e. The molecule has 0 aliphatic rings. The molecule has 0 saturated carbocycles. The van der Waals surface area contributed by atoms with E-state index in [0.717, 1.165) is 28.0 Å². The number of carbonyl (C=O) groups is 1. The molecule has 0 aliphatic heterocycles. The number of methoxy groups -OCH3 is 1. The predicted octanol–water partition coefficient (Wildman–Crippen LogP) is 4.87. The summed E-state index contributed by atoms with van der Waals surface area (Å²) >= 11 is 0. The van der Waals surface area contributed by atoms with Crippen LogP contribution in [0, 0.1) is 0 Å². The molecule has 0 bridgehead atoms. The van der Waals surface area contributed by atoms with Crippen LogP contribution in [0.1, 0.15) is 28.6 Å². The zero-order valence-corrected chi connectivity index (χ0v) is 14.3. The Hall–Kier alpha value is -3.01. The predicted molar refractivity (Wildman–Crippen MR) is 95.6 cm³/mol. The van der Waals surface area contributed by atoms with Gasteiger partial charge in [-0.3, -0.25) is 0 Å². The SMILES string of the molecule is CCc1c(-c2ccccc2OC)coc1C(=O)OCc1ccccc1. The van der Waals surface area contributed by atoms with Crippen LogP contribution in [-0.2, 0) is 17.8 Å². The molecule has 128 valence electrons. The number of furan rings is 1. The third-order valence-electron chi connectivity index (χ3n) is 4.04. The van der Waals surface area contributed by atoms with Crippen LogP contribution >= 0.6 is 0 Å². The van der Waals surface area contributed by atoms with Gasteiger partial charge >= 0.3 is 5.97 Å². The Morgan fingerprint density at radius 2 is 1.72 bits per heavy atom. The Labute approximate surface area is 147 Å². The van der Waals surface area contributed by atoms with Crippen LogP contribution in [0.4, 0.5) is 0 Å². The zero-order chi connectivity index (χ0) is 17.6. The molecule has 1 aromatic heterocycles. The van der Waals surface area contributed by atoms with Gasteiger partial charge in [0, 0.05) is 16.7 Å². The fourth-order valence-electron chi connectivity index (χ4n) is 2.79. The highest BCUT2D eigenvalue weighted by Gasteiger charge is 2.22. The van der Waals surface area contributed by atoms with Crippen LogP contribution in [0.3, 0.4) is 0 Å². The van der Waals surface area contributed by atoms with Gasteiger partial charge in [-0.2, -0.15) is 0 Å². The maximum atomic E-state index is 12.4. The highest BCUT2D eigenvalue weighted by molar-refractivity contribution is 5.91. The van der Waals surface area contributed by atoms with E-state index in [1.165, 1.54) is 0 Å². The van der Waals surface area contributed by atoms with Crippen LogP contribution in [0.15, 0.2) is 65.3 Å². The van der Waals surface area contributed by atoms with Crippen LogP contribution in [0.25, 0.3) is 11.1 Å². The van der Waals surface area contributed by atoms with Crippen molar-refractivity contribution in [3.63, 3.8) is 0 Å². The molecule has 0 aliphatic carbocycles. The molecule has 2 aromatic carbocycles. The normalized spacial score (nSPS) is 10.5. The topological polar surface area (TPSA) is 48.7 Å². The van der Waals surface area contributed by atoms with Gasteiger partial charge in [-0.15, -0.1) is 0 Å². The molecule has 0 unspecified atom stereocenters. The highest BCUT2D eigenvalue weighted by Crippen LogP contribution is 2.35. The first-order valence-corrected chi connectivity index (χ1v) is 8.19. The lowest BCUT2D eigenvalue weighted by Gasteiger charge is -2.08. The molecule has 25 heavy (non-hydrogen) atoms. The van der Waals surface area contributed by atoms with Gasteiger partial charge in [-0.05, 0) is 18.1 Å². The van der Waals surface area contributed by atoms with Crippen LogP contribution < -0.4 is 4.74 Å². The van der Waals surface area contributed by atoms with Crippen molar-refractivity contribution in [2.24, 2.45) is 0 Å². The van der Waals surface area contributed by atoms with Gasteiger partial charge in [0.15, 0.2) is 0 Å². The number of benzene rings is 2. The standard InChI is InChI=1S/C21H20O4/c1-3-16-18(17-11-7-8-12-19(17)23-2)14-24-20(16)21(22)25-13-15-9-5-4-6-10-15/h4-12,14H,3,13H2,1-2H3. The fourth-order valence-corrected chi connectivity index (χ4v) is 2.79. The van der Waals surface area contributed by atoms with Crippen molar-refractivity contribution in [1.82, 2.24) is 0 Å². The Morgan fingerprint density at radius 3 is 2.44 bits per heavy atom. The average Bonchev–Trinajstić information content (AvgIpc) is 3.10. The molecular weight excluding hydrogens is 316 g/mol. The van der Waals surface area contributed by atoms with Gasteiger partial charge in [-0.25, -0.2) is 4.79 Å². The number of hydrogen-bond acceptors (Lipinski definition) is 4. The molecule has 0 saturated heterocycles. The number of carbonyl (C=O) groups excluding carboxylic acids is 1. The van der Waals surface area contributed by atoms with Gasteiger partial charge in [0.05, 0.1) is 13.4 Å². The summed E-state index contributed by atoms with van der Waals surface area (Å²) in [6, 6.07) is 17.2. The number of esters is 1. The second-order valence-electron chi connectivity index (χ2n) is 5.57. The molecule has 0 fully saturated rings. The minimum Gasteiger partial charge on any atom is -0.496 e. The summed E-state index contributed by atoms with van der Waals surface area (Å²) < 4.78 is 16.4.